The number of hydrogen-bond acceptors (Lipinski definition) is 7. The summed E-state index contributed by atoms with van der Waals surface area (Å²) in [5, 5.41) is 11.9. The van der Waals surface area contributed by atoms with Gasteiger partial charge in [-0.3, -0.25) is 9.52 Å². The van der Waals surface area contributed by atoms with Crippen LogP contribution in [0.1, 0.15) is 24.0 Å². The molecule has 0 radical (unpaired) electrons. The Morgan fingerprint density at radius 2 is 1.89 bits per heavy atom. The van der Waals surface area contributed by atoms with Gasteiger partial charge in [-0.1, -0.05) is 23.7 Å². The van der Waals surface area contributed by atoms with Crippen molar-refractivity contribution in [3.05, 3.63) is 94.0 Å². The van der Waals surface area contributed by atoms with Crippen LogP contribution in [0.4, 0.5) is 5.69 Å². The van der Waals surface area contributed by atoms with Crippen molar-refractivity contribution in [2.24, 2.45) is 0 Å². The molecule has 5 aromatic rings. The summed E-state index contributed by atoms with van der Waals surface area (Å²) >= 11 is 6.29. The van der Waals surface area contributed by atoms with Gasteiger partial charge in [0.05, 0.1) is 29.9 Å². The lowest BCUT2D eigenvalue weighted by Gasteiger charge is -2.15. The number of rotatable bonds is 6. The summed E-state index contributed by atoms with van der Waals surface area (Å²) in [5.74, 6) is 0.684. The number of aryl methyl sites for hydroxylation is 1. The van der Waals surface area contributed by atoms with E-state index in [9.17, 15) is 13.2 Å². The van der Waals surface area contributed by atoms with Crippen molar-refractivity contribution >= 4 is 27.3 Å². The van der Waals surface area contributed by atoms with Gasteiger partial charge in [-0.15, -0.1) is 5.10 Å². The number of nitrogens with zero attached hydrogens (tertiary/aromatic N) is 6. The van der Waals surface area contributed by atoms with Crippen LogP contribution < -0.4 is 10.3 Å². The lowest BCUT2D eigenvalue weighted by Crippen LogP contribution is -2.23. The lowest BCUT2D eigenvalue weighted by atomic mass is 10.0. The molecule has 11 nitrogen and oxygen atoms in total. The number of sulfonamides is 1. The molecule has 1 aliphatic rings. The minimum atomic E-state index is -3.35. The third-order valence-electron chi connectivity index (χ3n) is 6.41. The fourth-order valence-electron chi connectivity index (χ4n) is 4.80. The van der Waals surface area contributed by atoms with Gasteiger partial charge in [0.15, 0.2) is 0 Å². The summed E-state index contributed by atoms with van der Waals surface area (Å²) in [6, 6.07) is 15.7. The number of aromatic nitrogens is 7. The minimum absolute atomic E-state index is 0.142. The summed E-state index contributed by atoms with van der Waals surface area (Å²) in [4.78, 5) is 21.3. The molecule has 2 N–H and O–H groups in total. The Morgan fingerprint density at radius 1 is 1.08 bits per heavy atom. The van der Waals surface area contributed by atoms with Crippen LogP contribution >= 0.6 is 11.6 Å². The number of anilines is 1. The third kappa shape index (κ3) is 4.59. The zero-order valence-electron chi connectivity index (χ0n) is 20.0. The molecule has 1 atom stereocenters. The molecule has 0 amide bonds. The van der Waals surface area contributed by atoms with Gasteiger partial charge in [-0.25, -0.2) is 13.4 Å². The van der Waals surface area contributed by atoms with Gasteiger partial charge in [0.1, 0.15) is 12.2 Å². The number of hydrogen-bond donors (Lipinski definition) is 2. The van der Waals surface area contributed by atoms with Crippen molar-refractivity contribution in [1.82, 2.24) is 34.7 Å². The van der Waals surface area contributed by atoms with Gasteiger partial charge in [0.25, 0.3) is 5.56 Å². The first-order valence-corrected chi connectivity index (χ1v) is 13.9. The molecule has 0 saturated carbocycles. The second kappa shape index (κ2) is 9.23. The second-order valence-corrected chi connectivity index (χ2v) is 11.2. The molecule has 0 spiro atoms. The molecular weight excluding hydrogens is 528 g/mol. The first-order chi connectivity index (χ1) is 18.2. The van der Waals surface area contributed by atoms with E-state index in [0.717, 1.165) is 40.8 Å². The zero-order chi connectivity index (χ0) is 26.4. The Bertz CT molecular complexity index is 1810. The number of imidazole rings is 1. The SMILES string of the molecule is CS(=O)(=O)Nc1ccc(-c2cnc(C3CCc4cc(-c5cc(Cl)ccc5-n5cnnn5)cc(=O)n43)[nH]2)cc1. The number of pyridine rings is 1. The highest BCUT2D eigenvalue weighted by atomic mass is 35.5. The highest BCUT2D eigenvalue weighted by molar-refractivity contribution is 7.92. The topological polar surface area (TPSA) is 140 Å². The van der Waals surface area contributed by atoms with Crippen LogP contribution in [0.15, 0.2) is 71.9 Å². The number of tetrazole rings is 1. The van der Waals surface area contributed by atoms with Gasteiger partial charge < -0.3 is 9.55 Å². The van der Waals surface area contributed by atoms with Crippen molar-refractivity contribution in [3.8, 4) is 28.1 Å². The van der Waals surface area contributed by atoms with Crippen molar-refractivity contribution in [2.45, 2.75) is 18.9 Å². The van der Waals surface area contributed by atoms with Crippen LogP contribution in [0, 0.1) is 0 Å². The van der Waals surface area contributed by atoms with Gasteiger partial charge >= 0.3 is 0 Å². The molecule has 1 unspecified atom stereocenters. The predicted octanol–water partition coefficient (Wildman–Crippen LogP) is 3.44. The number of H-pyrrole nitrogens is 1. The van der Waals surface area contributed by atoms with Gasteiger partial charge in [0.2, 0.25) is 10.0 Å². The van der Waals surface area contributed by atoms with E-state index in [1.54, 1.807) is 53.2 Å². The monoisotopic (exact) mass is 548 g/mol. The van der Waals surface area contributed by atoms with Crippen LogP contribution in [0.5, 0.6) is 0 Å². The standard InChI is InChI=1S/C25H21ClN8O3S/c1-38(36,37)30-18-5-2-15(3-6-18)21-13-27-25(29-21)23-9-7-19-10-16(11-24(35)34(19)23)20-12-17(26)4-8-22(20)33-14-28-31-32-33/h2-6,8,10-14,23,30H,7,9H2,1H3,(H,27,29). The Kier molecular flexibility index (Phi) is 5.84. The average molecular weight is 549 g/mol. The molecule has 0 bridgehead atoms. The summed E-state index contributed by atoms with van der Waals surface area (Å²) in [5.41, 5.74) is 5.05. The molecule has 4 heterocycles. The quantitative estimate of drug-likeness (QED) is 0.331. The molecule has 0 saturated heterocycles. The number of fused-ring (bicyclic) bond motifs is 1. The van der Waals surface area contributed by atoms with Crippen molar-refractivity contribution in [3.63, 3.8) is 0 Å². The molecule has 6 rings (SSSR count). The van der Waals surface area contributed by atoms with E-state index >= 15 is 0 Å². The fraction of sp³-hybridized carbons (Fsp3) is 0.160. The van der Waals surface area contributed by atoms with Crippen LogP contribution in [-0.2, 0) is 16.4 Å². The molecule has 192 valence electrons. The molecule has 2 aromatic carbocycles. The van der Waals surface area contributed by atoms with Crippen molar-refractivity contribution in [2.75, 3.05) is 11.0 Å². The minimum Gasteiger partial charge on any atom is -0.340 e. The maximum atomic E-state index is 13.4. The first-order valence-electron chi connectivity index (χ1n) is 11.7. The Labute approximate surface area is 222 Å². The smallest absolute Gasteiger partial charge is 0.252 e. The Hall–Kier alpha value is -4.29. The molecule has 38 heavy (non-hydrogen) atoms. The largest absolute Gasteiger partial charge is 0.340 e. The molecule has 3 aromatic heterocycles. The highest BCUT2D eigenvalue weighted by Gasteiger charge is 2.28. The van der Waals surface area contributed by atoms with E-state index in [1.165, 1.54) is 11.0 Å². The third-order valence-corrected chi connectivity index (χ3v) is 7.25. The van der Waals surface area contributed by atoms with E-state index < -0.39 is 10.0 Å². The average Bonchev–Trinajstić information content (AvgIpc) is 3.64. The van der Waals surface area contributed by atoms with E-state index in [0.29, 0.717) is 28.6 Å². The Morgan fingerprint density at radius 3 is 2.63 bits per heavy atom. The summed E-state index contributed by atoms with van der Waals surface area (Å²) < 4.78 is 28.7. The zero-order valence-corrected chi connectivity index (χ0v) is 21.6. The van der Waals surface area contributed by atoms with Crippen LogP contribution in [0.3, 0.4) is 0 Å². The van der Waals surface area contributed by atoms with Gasteiger partial charge in [0, 0.05) is 28.0 Å². The molecule has 13 heteroatoms. The summed E-state index contributed by atoms with van der Waals surface area (Å²) in [7, 11) is -3.35. The van der Waals surface area contributed by atoms with Crippen LogP contribution in [0.25, 0.3) is 28.1 Å². The number of benzene rings is 2. The van der Waals surface area contributed by atoms with E-state index in [-0.39, 0.29) is 11.6 Å². The van der Waals surface area contributed by atoms with E-state index in [2.05, 4.69) is 30.2 Å². The highest BCUT2D eigenvalue weighted by Crippen LogP contribution is 2.34. The molecule has 1 aliphatic heterocycles. The maximum absolute atomic E-state index is 13.4. The van der Waals surface area contributed by atoms with Gasteiger partial charge in [-0.2, -0.15) is 4.68 Å². The second-order valence-electron chi connectivity index (χ2n) is 9.05. The van der Waals surface area contributed by atoms with E-state index in [4.69, 9.17) is 11.6 Å². The maximum Gasteiger partial charge on any atom is 0.252 e. The number of aromatic amines is 1. The first kappa shape index (κ1) is 24.1. The van der Waals surface area contributed by atoms with Gasteiger partial charge in [-0.05, 0) is 70.8 Å². The molecule has 0 fully saturated rings. The van der Waals surface area contributed by atoms with E-state index in [1.807, 2.05) is 12.1 Å². The fourth-order valence-corrected chi connectivity index (χ4v) is 5.54. The number of halogens is 1. The predicted molar refractivity (Wildman–Crippen MR) is 143 cm³/mol. The van der Waals surface area contributed by atoms with Crippen LogP contribution in [-0.4, -0.2) is 49.4 Å². The summed E-state index contributed by atoms with van der Waals surface area (Å²) in [6.45, 7) is 0. The normalized spacial score (nSPS) is 14.9. The number of nitrogens with one attached hydrogen (secondary N) is 2. The molecule has 0 aliphatic carbocycles. The summed E-state index contributed by atoms with van der Waals surface area (Å²) in [6.07, 6.45) is 5.74. The van der Waals surface area contributed by atoms with Crippen LogP contribution in [0.2, 0.25) is 5.02 Å². The lowest BCUT2D eigenvalue weighted by molar-refractivity contribution is 0.572. The molecular formula is C25H21ClN8O3S. The Balaban J connectivity index is 1.31. The van der Waals surface area contributed by atoms with Crippen molar-refractivity contribution in [1.29, 1.82) is 0 Å². The van der Waals surface area contributed by atoms with Crippen molar-refractivity contribution < 1.29 is 8.42 Å².